The summed E-state index contributed by atoms with van der Waals surface area (Å²) >= 11 is 0. The van der Waals surface area contributed by atoms with Crippen molar-refractivity contribution in [1.29, 1.82) is 0 Å². The lowest BCUT2D eigenvalue weighted by Crippen LogP contribution is -2.17. The standard InChI is InChI=1S/C15H16N2.C2H6/c1-9-13-14(17-10(2)16-9)11-7-5-6-8-12(11)15(13,3)4;1-2/h5-8H,1-4H3;1-2H3. The summed E-state index contributed by atoms with van der Waals surface area (Å²) in [6.45, 7) is 12.6. The van der Waals surface area contributed by atoms with Crippen molar-refractivity contribution < 1.29 is 0 Å². The molecule has 1 aliphatic carbocycles. The zero-order valence-electron chi connectivity index (χ0n) is 12.7. The van der Waals surface area contributed by atoms with E-state index in [9.17, 15) is 0 Å². The third-order valence-electron chi connectivity index (χ3n) is 3.68. The normalized spacial score (nSPS) is 14.2. The van der Waals surface area contributed by atoms with Gasteiger partial charge in [-0.15, -0.1) is 0 Å². The largest absolute Gasteiger partial charge is 0.238 e. The smallest absolute Gasteiger partial charge is 0.126 e. The fourth-order valence-corrected chi connectivity index (χ4v) is 3.03. The van der Waals surface area contributed by atoms with Gasteiger partial charge in [-0.25, -0.2) is 9.97 Å². The molecule has 1 aromatic carbocycles. The Hall–Kier alpha value is -1.70. The van der Waals surface area contributed by atoms with E-state index in [1.165, 1.54) is 16.7 Å². The van der Waals surface area contributed by atoms with Crippen molar-refractivity contribution in [3.63, 3.8) is 0 Å². The molecule has 1 heterocycles. The molecule has 0 atom stereocenters. The van der Waals surface area contributed by atoms with Gasteiger partial charge in [0, 0.05) is 22.2 Å². The lowest BCUT2D eigenvalue weighted by atomic mass is 9.82. The van der Waals surface area contributed by atoms with Crippen molar-refractivity contribution >= 4 is 0 Å². The van der Waals surface area contributed by atoms with Gasteiger partial charge in [-0.3, -0.25) is 0 Å². The summed E-state index contributed by atoms with van der Waals surface area (Å²) in [5.74, 6) is 0.855. The Bertz CT molecular complexity index is 613. The van der Waals surface area contributed by atoms with E-state index in [1.54, 1.807) is 0 Å². The van der Waals surface area contributed by atoms with Crippen LogP contribution in [0.5, 0.6) is 0 Å². The monoisotopic (exact) mass is 254 g/mol. The van der Waals surface area contributed by atoms with E-state index in [0.29, 0.717) is 0 Å². The molecule has 1 aromatic heterocycles. The van der Waals surface area contributed by atoms with Crippen molar-refractivity contribution in [3.8, 4) is 11.3 Å². The highest BCUT2D eigenvalue weighted by Crippen LogP contribution is 2.48. The van der Waals surface area contributed by atoms with E-state index in [0.717, 1.165) is 17.2 Å². The Morgan fingerprint density at radius 3 is 2.26 bits per heavy atom. The average Bonchev–Trinajstić information content (AvgIpc) is 2.61. The van der Waals surface area contributed by atoms with E-state index in [1.807, 2.05) is 20.8 Å². The zero-order valence-corrected chi connectivity index (χ0v) is 12.7. The predicted octanol–water partition coefficient (Wildman–Crippen LogP) is 4.43. The van der Waals surface area contributed by atoms with Crippen molar-refractivity contribution in [2.24, 2.45) is 0 Å². The van der Waals surface area contributed by atoms with Crippen LogP contribution in [0.3, 0.4) is 0 Å². The van der Waals surface area contributed by atoms with Crippen LogP contribution in [0.15, 0.2) is 24.3 Å². The molecule has 0 spiro atoms. The second-order valence-corrected chi connectivity index (χ2v) is 5.25. The van der Waals surface area contributed by atoms with Gasteiger partial charge in [0.05, 0.1) is 5.69 Å². The van der Waals surface area contributed by atoms with E-state index in [2.05, 4.69) is 55.0 Å². The van der Waals surface area contributed by atoms with Crippen molar-refractivity contribution in [3.05, 3.63) is 46.9 Å². The van der Waals surface area contributed by atoms with Crippen LogP contribution in [-0.4, -0.2) is 9.97 Å². The number of hydrogen-bond donors (Lipinski definition) is 0. The van der Waals surface area contributed by atoms with Gasteiger partial charge in [0.1, 0.15) is 5.82 Å². The van der Waals surface area contributed by atoms with Crippen molar-refractivity contribution in [2.45, 2.75) is 47.0 Å². The molecule has 0 unspecified atom stereocenters. The molecule has 2 heteroatoms. The van der Waals surface area contributed by atoms with E-state index >= 15 is 0 Å². The summed E-state index contributed by atoms with van der Waals surface area (Å²) in [6, 6.07) is 8.54. The van der Waals surface area contributed by atoms with Crippen LogP contribution < -0.4 is 0 Å². The number of fused-ring (bicyclic) bond motifs is 3. The topological polar surface area (TPSA) is 25.8 Å². The van der Waals surface area contributed by atoms with E-state index in [4.69, 9.17) is 0 Å². The molecule has 0 radical (unpaired) electrons. The first-order valence-electron chi connectivity index (χ1n) is 6.97. The van der Waals surface area contributed by atoms with Gasteiger partial charge in [-0.2, -0.15) is 0 Å². The summed E-state index contributed by atoms with van der Waals surface area (Å²) in [4.78, 5) is 9.15. The van der Waals surface area contributed by atoms with E-state index in [-0.39, 0.29) is 5.41 Å². The molecule has 0 saturated carbocycles. The van der Waals surface area contributed by atoms with Gasteiger partial charge in [-0.05, 0) is 19.4 Å². The molecule has 0 fully saturated rings. The fraction of sp³-hybridized carbons (Fsp3) is 0.412. The number of aryl methyl sites for hydroxylation is 2. The molecule has 3 rings (SSSR count). The Morgan fingerprint density at radius 2 is 1.58 bits per heavy atom. The summed E-state index contributed by atoms with van der Waals surface area (Å²) in [5.41, 5.74) is 6.15. The third kappa shape index (κ3) is 1.95. The molecule has 0 amide bonds. The fourth-order valence-electron chi connectivity index (χ4n) is 3.03. The average molecular weight is 254 g/mol. The molecule has 2 nitrogen and oxygen atoms in total. The Kier molecular flexibility index (Phi) is 3.44. The summed E-state index contributed by atoms with van der Waals surface area (Å²) in [6.07, 6.45) is 0. The van der Waals surface area contributed by atoms with Gasteiger partial charge in [0.25, 0.3) is 0 Å². The molecule has 2 aromatic rings. The van der Waals surface area contributed by atoms with Crippen LogP contribution in [0.2, 0.25) is 0 Å². The number of hydrogen-bond acceptors (Lipinski definition) is 2. The minimum absolute atomic E-state index is 0.0176. The molecular formula is C17H22N2. The van der Waals surface area contributed by atoms with Crippen LogP contribution in [0.1, 0.15) is 50.3 Å². The third-order valence-corrected chi connectivity index (χ3v) is 3.68. The molecule has 0 N–H and O–H groups in total. The molecule has 1 aliphatic rings. The quantitative estimate of drug-likeness (QED) is 0.695. The van der Waals surface area contributed by atoms with Gasteiger partial charge in [0.15, 0.2) is 0 Å². The maximum atomic E-state index is 4.64. The highest BCUT2D eigenvalue weighted by molar-refractivity contribution is 5.78. The zero-order chi connectivity index (χ0) is 14.2. The lowest BCUT2D eigenvalue weighted by Gasteiger charge is -2.22. The number of nitrogens with zero attached hydrogens (tertiary/aromatic N) is 2. The van der Waals surface area contributed by atoms with Gasteiger partial charge < -0.3 is 0 Å². The lowest BCUT2D eigenvalue weighted by molar-refractivity contribution is 0.647. The van der Waals surface area contributed by atoms with Crippen LogP contribution >= 0.6 is 0 Å². The Balaban J connectivity index is 0.000000637. The summed E-state index contributed by atoms with van der Waals surface area (Å²) in [5, 5.41) is 0. The molecule has 100 valence electrons. The van der Waals surface area contributed by atoms with Crippen LogP contribution in [0, 0.1) is 13.8 Å². The number of rotatable bonds is 0. The SMILES string of the molecule is CC.Cc1nc(C)c2c(n1)-c1ccccc1C2(C)C. The van der Waals surface area contributed by atoms with Gasteiger partial charge in [0.2, 0.25) is 0 Å². The second kappa shape index (κ2) is 4.76. The van der Waals surface area contributed by atoms with Crippen molar-refractivity contribution in [2.75, 3.05) is 0 Å². The molecule has 0 bridgehead atoms. The molecule has 19 heavy (non-hydrogen) atoms. The summed E-state index contributed by atoms with van der Waals surface area (Å²) < 4.78 is 0. The highest BCUT2D eigenvalue weighted by Gasteiger charge is 2.38. The van der Waals surface area contributed by atoms with Crippen LogP contribution in [-0.2, 0) is 5.41 Å². The first kappa shape index (κ1) is 13.7. The molecule has 0 saturated heterocycles. The second-order valence-electron chi connectivity index (χ2n) is 5.25. The first-order chi connectivity index (χ1) is 9.01. The predicted molar refractivity (Wildman–Crippen MR) is 80.4 cm³/mol. The number of benzene rings is 1. The van der Waals surface area contributed by atoms with Crippen molar-refractivity contribution in [1.82, 2.24) is 9.97 Å². The highest BCUT2D eigenvalue weighted by atomic mass is 14.9. The van der Waals surface area contributed by atoms with Crippen LogP contribution in [0.25, 0.3) is 11.3 Å². The minimum atomic E-state index is 0.0176. The number of aromatic nitrogens is 2. The maximum absolute atomic E-state index is 4.64. The van der Waals surface area contributed by atoms with Crippen LogP contribution in [0.4, 0.5) is 0 Å². The van der Waals surface area contributed by atoms with Gasteiger partial charge >= 0.3 is 0 Å². The first-order valence-corrected chi connectivity index (χ1v) is 6.97. The Labute approximate surface area is 115 Å². The Morgan fingerprint density at radius 1 is 0.947 bits per heavy atom. The maximum Gasteiger partial charge on any atom is 0.126 e. The molecule has 0 aliphatic heterocycles. The molecular weight excluding hydrogens is 232 g/mol. The van der Waals surface area contributed by atoms with Gasteiger partial charge in [-0.1, -0.05) is 52.0 Å². The minimum Gasteiger partial charge on any atom is -0.238 e. The van der Waals surface area contributed by atoms with E-state index < -0.39 is 0 Å². The summed E-state index contributed by atoms with van der Waals surface area (Å²) in [7, 11) is 0.